The van der Waals surface area contributed by atoms with Crippen LogP contribution < -0.4 is 34.7 Å². The van der Waals surface area contributed by atoms with Gasteiger partial charge < -0.3 is 20.1 Å². The summed E-state index contributed by atoms with van der Waals surface area (Å²) in [6.45, 7) is 1.32. The second kappa shape index (κ2) is 8.63. The molecule has 2 N–H and O–H groups in total. The zero-order valence-electron chi connectivity index (χ0n) is 11.2. The monoisotopic (exact) mass is 276 g/mol. The third kappa shape index (κ3) is 4.24. The standard InChI is InChI=1S/C12H18N2O4.Na/c1-12(11(17)18,10-3-2-4-13-9-10)14(5-7-15)6-8-16;/h2-4,9,15-16H,5-8H2,1H3,(H,17,18);/q;+1/p-1. The summed E-state index contributed by atoms with van der Waals surface area (Å²) in [6.07, 6.45) is 2.99. The van der Waals surface area contributed by atoms with Gasteiger partial charge in [0.25, 0.3) is 0 Å². The second-order valence-electron chi connectivity index (χ2n) is 4.04. The maximum atomic E-state index is 11.5. The predicted molar refractivity (Wildman–Crippen MR) is 62.3 cm³/mol. The van der Waals surface area contributed by atoms with E-state index in [1.165, 1.54) is 18.0 Å². The second-order valence-corrected chi connectivity index (χ2v) is 4.04. The van der Waals surface area contributed by atoms with Gasteiger partial charge in [-0.15, -0.1) is 0 Å². The molecule has 19 heavy (non-hydrogen) atoms. The van der Waals surface area contributed by atoms with Crippen LogP contribution in [0, 0.1) is 0 Å². The van der Waals surface area contributed by atoms with E-state index in [1.54, 1.807) is 18.3 Å². The number of aliphatic hydroxyl groups is 2. The number of hydrogen-bond donors (Lipinski definition) is 2. The zero-order chi connectivity index (χ0) is 13.6. The van der Waals surface area contributed by atoms with Gasteiger partial charge in [0, 0.05) is 25.5 Å². The van der Waals surface area contributed by atoms with Gasteiger partial charge in [0.15, 0.2) is 0 Å². The largest absolute Gasteiger partial charge is 1.00 e. The van der Waals surface area contributed by atoms with Crippen LogP contribution in [-0.4, -0.2) is 52.4 Å². The number of aliphatic hydroxyl groups excluding tert-OH is 2. The minimum Gasteiger partial charge on any atom is -0.548 e. The van der Waals surface area contributed by atoms with Crippen molar-refractivity contribution in [1.29, 1.82) is 0 Å². The third-order valence-electron chi connectivity index (χ3n) is 2.99. The van der Waals surface area contributed by atoms with Crippen LogP contribution in [0.5, 0.6) is 0 Å². The van der Waals surface area contributed by atoms with E-state index in [2.05, 4.69) is 4.98 Å². The molecule has 1 aromatic rings. The Kier molecular flexibility index (Phi) is 8.40. The van der Waals surface area contributed by atoms with Crippen molar-refractivity contribution in [2.75, 3.05) is 26.3 Å². The van der Waals surface area contributed by atoms with E-state index in [-0.39, 0.29) is 55.9 Å². The summed E-state index contributed by atoms with van der Waals surface area (Å²) in [7, 11) is 0. The molecule has 1 rings (SSSR count). The molecular formula is C12H17N2NaO4. The number of rotatable bonds is 7. The van der Waals surface area contributed by atoms with Gasteiger partial charge in [-0.05, 0) is 18.6 Å². The molecule has 0 aliphatic carbocycles. The van der Waals surface area contributed by atoms with Crippen LogP contribution >= 0.6 is 0 Å². The summed E-state index contributed by atoms with van der Waals surface area (Å²) in [5.41, 5.74) is -0.980. The molecular weight excluding hydrogens is 259 g/mol. The summed E-state index contributed by atoms with van der Waals surface area (Å²) in [5.74, 6) is -1.29. The average molecular weight is 276 g/mol. The Labute approximate surface area is 134 Å². The maximum absolute atomic E-state index is 11.5. The van der Waals surface area contributed by atoms with Gasteiger partial charge in [-0.1, -0.05) is 6.07 Å². The molecule has 7 heteroatoms. The number of hydrogen-bond acceptors (Lipinski definition) is 6. The summed E-state index contributed by atoms with van der Waals surface area (Å²) in [4.78, 5) is 16.8. The molecule has 1 atom stereocenters. The van der Waals surface area contributed by atoms with Gasteiger partial charge in [-0.3, -0.25) is 9.88 Å². The SMILES string of the molecule is CC(C(=O)[O-])(c1cccnc1)N(CCO)CCO.[Na+]. The van der Waals surface area contributed by atoms with E-state index in [4.69, 9.17) is 10.2 Å². The molecule has 0 aliphatic heterocycles. The van der Waals surface area contributed by atoms with Crippen LogP contribution in [0.2, 0.25) is 0 Å². The van der Waals surface area contributed by atoms with Crippen molar-refractivity contribution < 1.29 is 49.7 Å². The van der Waals surface area contributed by atoms with Gasteiger partial charge in [-0.25, -0.2) is 0 Å². The number of pyridine rings is 1. The molecule has 0 aliphatic rings. The molecule has 0 bridgehead atoms. The van der Waals surface area contributed by atoms with Crippen molar-refractivity contribution in [3.05, 3.63) is 30.1 Å². The Morgan fingerprint density at radius 3 is 2.37 bits per heavy atom. The quantitative estimate of drug-likeness (QED) is 0.486. The van der Waals surface area contributed by atoms with Crippen molar-refractivity contribution in [2.45, 2.75) is 12.5 Å². The van der Waals surface area contributed by atoms with Crippen LogP contribution in [0.15, 0.2) is 24.5 Å². The number of nitrogens with zero attached hydrogens (tertiary/aromatic N) is 2. The molecule has 0 amide bonds. The van der Waals surface area contributed by atoms with Gasteiger partial charge in [0.2, 0.25) is 0 Å². The van der Waals surface area contributed by atoms with E-state index >= 15 is 0 Å². The molecule has 0 spiro atoms. The van der Waals surface area contributed by atoms with Gasteiger partial charge in [0.1, 0.15) is 0 Å². The van der Waals surface area contributed by atoms with Crippen LogP contribution in [0.25, 0.3) is 0 Å². The van der Waals surface area contributed by atoms with E-state index in [0.29, 0.717) is 5.56 Å². The molecule has 1 heterocycles. The van der Waals surface area contributed by atoms with Gasteiger partial charge >= 0.3 is 29.6 Å². The normalized spacial score (nSPS) is 13.7. The van der Waals surface area contributed by atoms with Crippen molar-refractivity contribution >= 4 is 5.97 Å². The van der Waals surface area contributed by atoms with Crippen LogP contribution in [0.4, 0.5) is 0 Å². The Bertz CT molecular complexity index is 385. The molecule has 0 fully saturated rings. The first-order chi connectivity index (χ1) is 8.57. The number of carboxylic acid groups (broad SMARTS) is 1. The third-order valence-corrected chi connectivity index (χ3v) is 2.99. The molecule has 1 unspecified atom stereocenters. The summed E-state index contributed by atoms with van der Waals surface area (Å²) in [5, 5.41) is 29.5. The molecule has 0 saturated heterocycles. The molecule has 0 saturated carbocycles. The summed E-state index contributed by atoms with van der Waals surface area (Å²) in [6, 6.07) is 3.26. The Morgan fingerprint density at radius 1 is 1.42 bits per heavy atom. The van der Waals surface area contributed by atoms with E-state index < -0.39 is 11.5 Å². The summed E-state index contributed by atoms with van der Waals surface area (Å²) < 4.78 is 0. The Balaban J connectivity index is 0.00000324. The van der Waals surface area contributed by atoms with Crippen LogP contribution in [0.1, 0.15) is 12.5 Å². The van der Waals surface area contributed by atoms with Crippen molar-refractivity contribution in [3.8, 4) is 0 Å². The molecule has 0 aromatic carbocycles. The molecule has 1 aromatic heterocycles. The van der Waals surface area contributed by atoms with E-state index in [9.17, 15) is 9.90 Å². The van der Waals surface area contributed by atoms with E-state index in [1.807, 2.05) is 0 Å². The van der Waals surface area contributed by atoms with Crippen molar-refractivity contribution in [2.24, 2.45) is 0 Å². The van der Waals surface area contributed by atoms with Crippen molar-refractivity contribution in [1.82, 2.24) is 9.88 Å². The molecule has 0 radical (unpaired) electrons. The molecule has 6 nitrogen and oxygen atoms in total. The number of carbonyl (C=O) groups excluding carboxylic acids is 1. The van der Waals surface area contributed by atoms with E-state index in [0.717, 1.165) is 0 Å². The first-order valence-corrected chi connectivity index (χ1v) is 5.66. The van der Waals surface area contributed by atoms with Gasteiger partial charge in [-0.2, -0.15) is 0 Å². The van der Waals surface area contributed by atoms with Crippen LogP contribution in [0.3, 0.4) is 0 Å². The fourth-order valence-electron chi connectivity index (χ4n) is 1.88. The first-order valence-electron chi connectivity index (χ1n) is 5.66. The predicted octanol–water partition coefficient (Wildman–Crippen LogP) is -4.66. The van der Waals surface area contributed by atoms with Crippen LogP contribution in [-0.2, 0) is 10.3 Å². The fraction of sp³-hybridized carbons (Fsp3) is 0.500. The van der Waals surface area contributed by atoms with Gasteiger partial charge in [0.05, 0.1) is 24.7 Å². The topological polar surface area (TPSA) is 96.7 Å². The number of aromatic nitrogens is 1. The smallest absolute Gasteiger partial charge is 0.548 e. The zero-order valence-corrected chi connectivity index (χ0v) is 13.2. The number of carboxylic acids is 1. The first kappa shape index (κ1) is 18.5. The Hall–Kier alpha value is -0.500. The van der Waals surface area contributed by atoms with Crippen molar-refractivity contribution in [3.63, 3.8) is 0 Å². The maximum Gasteiger partial charge on any atom is 1.00 e. The Morgan fingerprint density at radius 2 is 2.00 bits per heavy atom. The molecule has 100 valence electrons. The number of carbonyl (C=O) groups is 1. The number of aliphatic carboxylic acids is 1. The summed E-state index contributed by atoms with van der Waals surface area (Å²) >= 11 is 0. The fourth-order valence-corrected chi connectivity index (χ4v) is 1.88. The average Bonchev–Trinajstić information content (AvgIpc) is 2.38. The minimum absolute atomic E-state index is 0. The minimum atomic E-state index is -1.43.